The van der Waals surface area contributed by atoms with E-state index in [2.05, 4.69) is 10.4 Å². The van der Waals surface area contributed by atoms with Gasteiger partial charge in [0.1, 0.15) is 18.0 Å². The van der Waals surface area contributed by atoms with E-state index >= 15 is 0 Å². The molecule has 164 valence electrons. The van der Waals surface area contributed by atoms with Crippen LogP contribution >= 0.6 is 0 Å². The predicted molar refractivity (Wildman–Crippen MR) is 120 cm³/mol. The van der Waals surface area contributed by atoms with Crippen molar-refractivity contribution in [3.8, 4) is 5.75 Å². The monoisotopic (exact) mass is 432 g/mol. The molecule has 0 unspecified atom stereocenters. The molecule has 4 rings (SSSR count). The van der Waals surface area contributed by atoms with E-state index in [9.17, 15) is 14.4 Å². The molecular weight excluding hydrogens is 408 g/mol. The molecule has 2 amide bonds. The lowest BCUT2D eigenvalue weighted by Gasteiger charge is -2.22. The van der Waals surface area contributed by atoms with E-state index in [0.29, 0.717) is 5.75 Å². The number of methoxy groups -OCH3 is 1. The standard InChI is InChI=1S/C24H24N4O4/c1-16-12-18-7-3-4-9-21(18)28(16)24(31)20-10-11-23(30)27(26-20)15-22(29)25-14-17-6-5-8-19(13-17)32-2/h3-11,13,16H,12,14-15H2,1-2H3,(H,25,29)/t16-/m1/s1. The zero-order valence-corrected chi connectivity index (χ0v) is 17.9. The van der Waals surface area contributed by atoms with E-state index in [4.69, 9.17) is 4.74 Å². The minimum Gasteiger partial charge on any atom is -0.497 e. The van der Waals surface area contributed by atoms with Crippen LogP contribution in [-0.4, -0.2) is 34.7 Å². The van der Waals surface area contributed by atoms with Gasteiger partial charge in [-0.3, -0.25) is 14.4 Å². The molecule has 0 spiro atoms. The Kier molecular flexibility index (Phi) is 6.02. The number of carbonyl (C=O) groups is 2. The molecule has 32 heavy (non-hydrogen) atoms. The van der Waals surface area contributed by atoms with Gasteiger partial charge in [0.25, 0.3) is 11.5 Å². The number of ether oxygens (including phenoxy) is 1. The molecule has 8 nitrogen and oxygen atoms in total. The lowest BCUT2D eigenvalue weighted by Crippen LogP contribution is -2.38. The molecule has 1 aliphatic heterocycles. The van der Waals surface area contributed by atoms with Gasteiger partial charge in [-0.25, -0.2) is 4.68 Å². The van der Waals surface area contributed by atoms with Gasteiger partial charge in [-0.15, -0.1) is 0 Å². The Morgan fingerprint density at radius 2 is 1.94 bits per heavy atom. The van der Waals surface area contributed by atoms with Gasteiger partial charge in [-0.2, -0.15) is 5.10 Å². The third kappa shape index (κ3) is 4.39. The van der Waals surface area contributed by atoms with E-state index in [1.54, 1.807) is 12.0 Å². The highest BCUT2D eigenvalue weighted by Crippen LogP contribution is 2.32. The minimum absolute atomic E-state index is 0.0201. The van der Waals surface area contributed by atoms with Crippen LogP contribution in [0.5, 0.6) is 5.75 Å². The zero-order chi connectivity index (χ0) is 22.7. The van der Waals surface area contributed by atoms with Crippen LogP contribution in [0.1, 0.15) is 28.5 Å². The SMILES string of the molecule is COc1cccc(CNC(=O)Cn2nc(C(=O)N3c4ccccc4C[C@H]3C)ccc2=O)c1. The molecule has 1 aromatic heterocycles. The van der Waals surface area contributed by atoms with Crippen molar-refractivity contribution in [1.82, 2.24) is 15.1 Å². The third-order valence-corrected chi connectivity index (χ3v) is 5.43. The van der Waals surface area contributed by atoms with Gasteiger partial charge in [0, 0.05) is 24.3 Å². The summed E-state index contributed by atoms with van der Waals surface area (Å²) in [5.41, 5.74) is 2.48. The highest BCUT2D eigenvalue weighted by molar-refractivity contribution is 6.06. The van der Waals surface area contributed by atoms with Crippen LogP contribution in [0.2, 0.25) is 0 Å². The summed E-state index contributed by atoms with van der Waals surface area (Å²) >= 11 is 0. The Labute approximate surface area is 185 Å². The molecule has 8 heteroatoms. The molecule has 0 fully saturated rings. The molecule has 0 radical (unpaired) electrons. The Hall–Kier alpha value is -3.94. The van der Waals surface area contributed by atoms with Crippen LogP contribution < -0.4 is 20.5 Å². The van der Waals surface area contributed by atoms with Gasteiger partial charge in [0.2, 0.25) is 5.91 Å². The summed E-state index contributed by atoms with van der Waals surface area (Å²) in [4.78, 5) is 39.5. The molecule has 1 atom stereocenters. The first-order chi connectivity index (χ1) is 15.5. The van der Waals surface area contributed by atoms with Crippen molar-refractivity contribution in [3.05, 3.63) is 87.8 Å². The average molecular weight is 432 g/mol. The molecule has 3 aromatic rings. The molecule has 0 aliphatic carbocycles. The van der Waals surface area contributed by atoms with Gasteiger partial charge in [-0.1, -0.05) is 30.3 Å². The zero-order valence-electron chi connectivity index (χ0n) is 17.9. The largest absolute Gasteiger partial charge is 0.497 e. The van der Waals surface area contributed by atoms with Gasteiger partial charge in [-0.05, 0) is 48.7 Å². The number of fused-ring (bicyclic) bond motifs is 1. The quantitative estimate of drug-likeness (QED) is 0.644. The van der Waals surface area contributed by atoms with Crippen molar-refractivity contribution in [3.63, 3.8) is 0 Å². The number of hydrogen-bond donors (Lipinski definition) is 1. The van der Waals surface area contributed by atoms with Crippen LogP contribution in [0.25, 0.3) is 0 Å². The second kappa shape index (κ2) is 9.05. The Balaban J connectivity index is 1.47. The molecule has 2 heterocycles. The number of para-hydroxylation sites is 1. The van der Waals surface area contributed by atoms with Gasteiger partial charge in [0.15, 0.2) is 0 Å². The van der Waals surface area contributed by atoms with E-state index in [1.165, 1.54) is 12.1 Å². The first kappa shape index (κ1) is 21.3. The topological polar surface area (TPSA) is 93.5 Å². The normalized spacial score (nSPS) is 14.7. The van der Waals surface area contributed by atoms with Crippen molar-refractivity contribution >= 4 is 17.5 Å². The van der Waals surface area contributed by atoms with Gasteiger partial charge < -0.3 is 15.0 Å². The van der Waals surface area contributed by atoms with E-state index in [1.807, 2.05) is 55.5 Å². The number of aromatic nitrogens is 2. The van der Waals surface area contributed by atoms with Crippen LogP contribution in [-0.2, 0) is 24.3 Å². The average Bonchev–Trinajstić information content (AvgIpc) is 3.14. The second-order valence-corrected chi connectivity index (χ2v) is 7.70. The second-order valence-electron chi connectivity index (χ2n) is 7.70. The Morgan fingerprint density at radius 3 is 2.75 bits per heavy atom. The highest BCUT2D eigenvalue weighted by Gasteiger charge is 2.32. The van der Waals surface area contributed by atoms with Crippen molar-refractivity contribution in [2.45, 2.75) is 32.5 Å². The summed E-state index contributed by atoms with van der Waals surface area (Å²) in [6, 6.07) is 17.7. The number of rotatable bonds is 6. The van der Waals surface area contributed by atoms with Crippen LogP contribution in [0.3, 0.4) is 0 Å². The van der Waals surface area contributed by atoms with Crippen LogP contribution in [0.15, 0.2) is 65.5 Å². The van der Waals surface area contributed by atoms with Crippen molar-refractivity contribution in [1.29, 1.82) is 0 Å². The van der Waals surface area contributed by atoms with Crippen molar-refractivity contribution in [2.24, 2.45) is 0 Å². The molecule has 0 saturated carbocycles. The Bertz CT molecular complexity index is 1220. The Morgan fingerprint density at radius 1 is 1.12 bits per heavy atom. The number of anilines is 1. The van der Waals surface area contributed by atoms with Gasteiger partial charge in [0.05, 0.1) is 7.11 Å². The molecule has 1 N–H and O–H groups in total. The first-order valence-electron chi connectivity index (χ1n) is 10.4. The number of amides is 2. The molecule has 0 bridgehead atoms. The maximum atomic E-state index is 13.2. The smallest absolute Gasteiger partial charge is 0.278 e. The fraction of sp³-hybridized carbons (Fsp3) is 0.250. The number of nitrogens with one attached hydrogen (secondary N) is 1. The van der Waals surface area contributed by atoms with Crippen molar-refractivity contribution in [2.75, 3.05) is 12.0 Å². The highest BCUT2D eigenvalue weighted by atomic mass is 16.5. The lowest BCUT2D eigenvalue weighted by atomic mass is 10.1. The lowest BCUT2D eigenvalue weighted by molar-refractivity contribution is -0.122. The summed E-state index contributed by atoms with van der Waals surface area (Å²) in [6.45, 7) is 1.97. The number of hydrogen-bond acceptors (Lipinski definition) is 5. The maximum Gasteiger partial charge on any atom is 0.278 e. The van der Waals surface area contributed by atoms with Crippen LogP contribution in [0.4, 0.5) is 5.69 Å². The molecule has 2 aromatic carbocycles. The molecule has 1 aliphatic rings. The number of carbonyl (C=O) groups excluding carboxylic acids is 2. The number of nitrogens with zero attached hydrogens (tertiary/aromatic N) is 3. The summed E-state index contributed by atoms with van der Waals surface area (Å²) in [5, 5.41) is 6.94. The van der Waals surface area contributed by atoms with E-state index in [0.717, 1.165) is 27.9 Å². The predicted octanol–water partition coefficient (Wildman–Crippen LogP) is 2.16. The summed E-state index contributed by atoms with van der Waals surface area (Å²) < 4.78 is 6.19. The summed E-state index contributed by atoms with van der Waals surface area (Å²) in [5.74, 6) is 0.0125. The van der Waals surface area contributed by atoms with Gasteiger partial charge >= 0.3 is 0 Å². The fourth-order valence-corrected chi connectivity index (χ4v) is 3.85. The third-order valence-electron chi connectivity index (χ3n) is 5.43. The summed E-state index contributed by atoms with van der Waals surface area (Å²) in [7, 11) is 1.57. The minimum atomic E-state index is -0.451. The molecular formula is C24H24N4O4. The molecule has 0 saturated heterocycles. The van der Waals surface area contributed by atoms with Crippen LogP contribution in [0, 0.1) is 0 Å². The summed E-state index contributed by atoms with van der Waals surface area (Å²) in [6.07, 6.45) is 0.758. The van der Waals surface area contributed by atoms with E-state index in [-0.39, 0.29) is 36.6 Å². The van der Waals surface area contributed by atoms with Crippen molar-refractivity contribution < 1.29 is 14.3 Å². The fourth-order valence-electron chi connectivity index (χ4n) is 3.85. The maximum absolute atomic E-state index is 13.2. The first-order valence-corrected chi connectivity index (χ1v) is 10.4. The van der Waals surface area contributed by atoms with E-state index < -0.39 is 5.56 Å². The number of benzene rings is 2.